The van der Waals surface area contributed by atoms with Gasteiger partial charge in [-0.25, -0.2) is 9.37 Å². The van der Waals surface area contributed by atoms with Crippen molar-refractivity contribution >= 4 is 11.6 Å². The fourth-order valence-electron chi connectivity index (χ4n) is 1.03. The van der Waals surface area contributed by atoms with Crippen molar-refractivity contribution in [1.82, 2.24) is 4.98 Å². The summed E-state index contributed by atoms with van der Waals surface area (Å²) in [4.78, 5) is 3.70. The number of halogens is 2. The summed E-state index contributed by atoms with van der Waals surface area (Å²) in [5, 5.41) is 0.0549. The monoisotopic (exact) mass is 197 g/mol. The number of hydrogen-bond donors (Lipinski definition) is 0. The van der Waals surface area contributed by atoms with Crippen molar-refractivity contribution in [2.45, 2.75) is 0 Å². The average molecular weight is 198 g/mol. The molecule has 2 rings (SSSR count). The SMILES string of the molecule is Fc1cccc(-c2cnc(Cl)o2)c1. The first-order chi connectivity index (χ1) is 6.25. The van der Waals surface area contributed by atoms with Gasteiger partial charge in [0, 0.05) is 5.56 Å². The molecule has 0 fully saturated rings. The molecule has 0 bridgehead atoms. The van der Waals surface area contributed by atoms with Crippen molar-refractivity contribution in [1.29, 1.82) is 0 Å². The molecule has 13 heavy (non-hydrogen) atoms. The summed E-state index contributed by atoms with van der Waals surface area (Å²) in [5.74, 6) is 0.148. The highest BCUT2D eigenvalue weighted by atomic mass is 35.5. The third-order valence-corrected chi connectivity index (χ3v) is 1.76. The highest BCUT2D eigenvalue weighted by Crippen LogP contribution is 2.22. The van der Waals surface area contributed by atoms with Crippen molar-refractivity contribution in [3.63, 3.8) is 0 Å². The molecule has 0 saturated heterocycles. The Hall–Kier alpha value is -1.35. The van der Waals surface area contributed by atoms with Gasteiger partial charge in [-0.2, -0.15) is 0 Å². The van der Waals surface area contributed by atoms with Crippen LogP contribution in [0.3, 0.4) is 0 Å². The molecule has 0 spiro atoms. The van der Waals surface area contributed by atoms with Crippen molar-refractivity contribution in [3.8, 4) is 11.3 Å². The minimum Gasteiger partial charge on any atom is -0.428 e. The van der Waals surface area contributed by atoms with Gasteiger partial charge >= 0.3 is 0 Å². The van der Waals surface area contributed by atoms with Crippen LogP contribution in [-0.2, 0) is 0 Å². The standard InChI is InChI=1S/C9H5ClFNO/c10-9-12-5-8(13-9)6-2-1-3-7(11)4-6/h1-5H. The summed E-state index contributed by atoms with van der Waals surface area (Å²) in [6, 6.07) is 6.04. The second-order valence-corrected chi connectivity index (χ2v) is 2.81. The quantitative estimate of drug-likeness (QED) is 0.702. The molecular formula is C9H5ClFNO. The molecule has 0 radical (unpaired) electrons. The molecule has 0 aliphatic heterocycles. The highest BCUT2D eigenvalue weighted by molar-refractivity contribution is 6.27. The summed E-state index contributed by atoms with van der Waals surface area (Å²) in [6.45, 7) is 0. The highest BCUT2D eigenvalue weighted by Gasteiger charge is 2.04. The van der Waals surface area contributed by atoms with Gasteiger partial charge in [0.2, 0.25) is 0 Å². The average Bonchev–Trinajstić information content (AvgIpc) is 2.52. The topological polar surface area (TPSA) is 26.0 Å². The lowest BCUT2D eigenvalue weighted by Crippen LogP contribution is -1.75. The maximum Gasteiger partial charge on any atom is 0.292 e. The zero-order chi connectivity index (χ0) is 9.26. The third kappa shape index (κ3) is 1.70. The largest absolute Gasteiger partial charge is 0.428 e. The fourth-order valence-corrected chi connectivity index (χ4v) is 1.16. The van der Waals surface area contributed by atoms with Crippen LogP contribution in [0.25, 0.3) is 11.3 Å². The Morgan fingerprint density at radius 3 is 2.85 bits per heavy atom. The van der Waals surface area contributed by atoms with Crippen LogP contribution in [0.2, 0.25) is 5.35 Å². The Bertz CT molecular complexity index is 427. The van der Waals surface area contributed by atoms with E-state index < -0.39 is 0 Å². The summed E-state index contributed by atoms with van der Waals surface area (Å²) >= 11 is 5.48. The van der Waals surface area contributed by atoms with E-state index in [4.69, 9.17) is 16.0 Å². The molecule has 66 valence electrons. The molecule has 0 unspecified atom stereocenters. The summed E-state index contributed by atoms with van der Waals surface area (Å²) in [6.07, 6.45) is 1.46. The lowest BCUT2D eigenvalue weighted by Gasteiger charge is -1.94. The molecule has 1 heterocycles. The van der Waals surface area contributed by atoms with Gasteiger partial charge < -0.3 is 4.42 Å². The first-order valence-electron chi connectivity index (χ1n) is 3.63. The van der Waals surface area contributed by atoms with E-state index in [0.717, 1.165) is 0 Å². The van der Waals surface area contributed by atoms with Gasteiger partial charge in [-0.15, -0.1) is 0 Å². The van der Waals surface area contributed by atoms with E-state index in [1.807, 2.05) is 0 Å². The van der Waals surface area contributed by atoms with Gasteiger partial charge in [0.15, 0.2) is 5.76 Å². The van der Waals surface area contributed by atoms with E-state index in [2.05, 4.69) is 4.98 Å². The van der Waals surface area contributed by atoms with Crippen LogP contribution < -0.4 is 0 Å². The smallest absolute Gasteiger partial charge is 0.292 e. The van der Waals surface area contributed by atoms with Crippen LogP contribution in [0.4, 0.5) is 4.39 Å². The van der Waals surface area contributed by atoms with E-state index in [9.17, 15) is 4.39 Å². The molecule has 1 aromatic heterocycles. The predicted molar refractivity (Wildman–Crippen MR) is 46.9 cm³/mol. The van der Waals surface area contributed by atoms with E-state index >= 15 is 0 Å². The van der Waals surface area contributed by atoms with Crippen molar-refractivity contribution < 1.29 is 8.81 Å². The number of rotatable bonds is 1. The number of hydrogen-bond acceptors (Lipinski definition) is 2. The Labute approximate surface area is 79.0 Å². The van der Waals surface area contributed by atoms with Crippen LogP contribution in [0, 0.1) is 5.82 Å². The normalized spacial score (nSPS) is 10.3. The van der Waals surface area contributed by atoms with Crippen LogP contribution in [0.15, 0.2) is 34.9 Å². The van der Waals surface area contributed by atoms with Gasteiger partial charge in [0.05, 0.1) is 6.20 Å². The van der Waals surface area contributed by atoms with Crippen LogP contribution >= 0.6 is 11.6 Å². The second kappa shape index (κ2) is 3.18. The Balaban J connectivity index is 2.46. The lowest BCUT2D eigenvalue weighted by molar-refractivity contribution is 0.572. The van der Waals surface area contributed by atoms with E-state index in [1.165, 1.54) is 18.3 Å². The zero-order valence-electron chi connectivity index (χ0n) is 6.50. The van der Waals surface area contributed by atoms with Gasteiger partial charge in [-0.1, -0.05) is 12.1 Å². The molecule has 4 heteroatoms. The third-order valence-electron chi connectivity index (χ3n) is 1.59. The molecule has 0 N–H and O–H groups in total. The molecule has 2 aromatic rings. The van der Waals surface area contributed by atoms with E-state index in [1.54, 1.807) is 12.1 Å². The van der Waals surface area contributed by atoms with E-state index in [0.29, 0.717) is 11.3 Å². The zero-order valence-corrected chi connectivity index (χ0v) is 7.25. The van der Waals surface area contributed by atoms with Crippen LogP contribution in [-0.4, -0.2) is 4.98 Å². The maximum absolute atomic E-state index is 12.8. The number of benzene rings is 1. The molecule has 0 aliphatic rings. The first kappa shape index (κ1) is 8.26. The Morgan fingerprint density at radius 1 is 1.38 bits per heavy atom. The Morgan fingerprint density at radius 2 is 2.23 bits per heavy atom. The second-order valence-electron chi connectivity index (χ2n) is 2.49. The van der Waals surface area contributed by atoms with Gasteiger partial charge in [-0.3, -0.25) is 0 Å². The molecule has 0 aliphatic carbocycles. The van der Waals surface area contributed by atoms with Crippen LogP contribution in [0.5, 0.6) is 0 Å². The first-order valence-corrected chi connectivity index (χ1v) is 4.01. The molecule has 0 atom stereocenters. The van der Waals surface area contributed by atoms with Crippen molar-refractivity contribution in [2.24, 2.45) is 0 Å². The van der Waals surface area contributed by atoms with Crippen LogP contribution in [0.1, 0.15) is 0 Å². The minimum absolute atomic E-state index is 0.0549. The van der Waals surface area contributed by atoms with Crippen molar-refractivity contribution in [2.75, 3.05) is 0 Å². The molecule has 2 nitrogen and oxygen atoms in total. The molecular weight excluding hydrogens is 193 g/mol. The Kier molecular flexibility index (Phi) is 2.02. The maximum atomic E-state index is 12.8. The molecule has 0 saturated carbocycles. The molecule has 0 amide bonds. The molecule has 1 aromatic carbocycles. The lowest BCUT2D eigenvalue weighted by atomic mass is 10.2. The number of nitrogens with zero attached hydrogens (tertiary/aromatic N) is 1. The summed E-state index contributed by atoms with van der Waals surface area (Å²) in [5.41, 5.74) is 0.624. The van der Waals surface area contributed by atoms with Gasteiger partial charge in [-0.05, 0) is 23.7 Å². The minimum atomic E-state index is -0.315. The van der Waals surface area contributed by atoms with Gasteiger partial charge in [0.25, 0.3) is 5.35 Å². The van der Waals surface area contributed by atoms with Crippen molar-refractivity contribution in [3.05, 3.63) is 41.6 Å². The fraction of sp³-hybridized carbons (Fsp3) is 0. The summed E-state index contributed by atoms with van der Waals surface area (Å²) in [7, 11) is 0. The summed E-state index contributed by atoms with van der Waals surface area (Å²) < 4.78 is 17.8. The van der Waals surface area contributed by atoms with E-state index in [-0.39, 0.29) is 11.2 Å². The predicted octanol–water partition coefficient (Wildman–Crippen LogP) is 3.13. The number of aromatic nitrogens is 1. The van der Waals surface area contributed by atoms with Gasteiger partial charge in [0.1, 0.15) is 5.82 Å². The number of oxazole rings is 1.